The summed E-state index contributed by atoms with van der Waals surface area (Å²) in [4.78, 5) is 0. The van der Waals surface area contributed by atoms with Gasteiger partial charge in [-0.05, 0) is 32.1 Å². The van der Waals surface area contributed by atoms with Gasteiger partial charge in [-0.2, -0.15) is 5.10 Å². The highest BCUT2D eigenvalue weighted by Gasteiger charge is 2.47. The number of aromatic nitrogens is 2. The molecule has 26 heavy (non-hydrogen) atoms. The van der Waals surface area contributed by atoms with E-state index in [2.05, 4.69) is 22.3 Å². The average Bonchev–Trinajstić information content (AvgIpc) is 3.27. The van der Waals surface area contributed by atoms with E-state index < -0.39 is 10.0 Å². The first kappa shape index (κ1) is 17.7. The Balaban J connectivity index is 1.64. The maximum atomic E-state index is 12.7. The van der Waals surface area contributed by atoms with Gasteiger partial charge in [-0.25, -0.2) is 12.7 Å². The molecule has 1 saturated heterocycles. The molecular formula is C20H27N3O2S. The molecule has 1 atom stereocenters. The molecular weight excluding hydrogens is 346 g/mol. The summed E-state index contributed by atoms with van der Waals surface area (Å²) >= 11 is 0. The lowest BCUT2D eigenvalue weighted by molar-refractivity contribution is 0.358. The Morgan fingerprint density at radius 2 is 2.04 bits per heavy atom. The van der Waals surface area contributed by atoms with Gasteiger partial charge < -0.3 is 0 Å². The number of nitrogens with one attached hydrogen (secondary N) is 1. The average molecular weight is 374 g/mol. The van der Waals surface area contributed by atoms with Crippen molar-refractivity contribution in [3.63, 3.8) is 0 Å². The number of benzene rings is 1. The first-order chi connectivity index (χ1) is 12.6. The van der Waals surface area contributed by atoms with E-state index in [4.69, 9.17) is 0 Å². The maximum absolute atomic E-state index is 12.7. The third-order valence-corrected chi connectivity index (χ3v) is 7.90. The van der Waals surface area contributed by atoms with Crippen LogP contribution >= 0.6 is 0 Å². The molecule has 1 N–H and O–H groups in total. The van der Waals surface area contributed by atoms with Gasteiger partial charge in [-0.15, -0.1) is 0 Å². The number of H-pyrrole nitrogens is 1. The first-order valence-electron chi connectivity index (χ1n) is 9.67. The lowest BCUT2D eigenvalue weighted by Crippen LogP contribution is -2.37. The number of sulfonamides is 1. The van der Waals surface area contributed by atoms with Crippen LogP contribution in [0.2, 0.25) is 0 Å². The summed E-state index contributed by atoms with van der Waals surface area (Å²) in [6.07, 6.45) is 5.68. The molecule has 5 nitrogen and oxygen atoms in total. The predicted molar refractivity (Wildman–Crippen MR) is 104 cm³/mol. The van der Waals surface area contributed by atoms with E-state index in [1.807, 2.05) is 25.1 Å². The number of hydrogen-bond acceptors (Lipinski definition) is 3. The van der Waals surface area contributed by atoms with E-state index >= 15 is 0 Å². The van der Waals surface area contributed by atoms with Gasteiger partial charge in [0, 0.05) is 35.3 Å². The second-order valence-electron chi connectivity index (χ2n) is 7.68. The van der Waals surface area contributed by atoms with E-state index in [0.29, 0.717) is 13.1 Å². The monoisotopic (exact) mass is 373 g/mol. The fourth-order valence-corrected chi connectivity index (χ4v) is 6.27. The second kappa shape index (κ2) is 6.82. The Morgan fingerprint density at radius 3 is 2.81 bits per heavy atom. The molecule has 1 aliphatic heterocycles. The molecule has 1 unspecified atom stereocenters. The second-order valence-corrected chi connectivity index (χ2v) is 9.77. The van der Waals surface area contributed by atoms with Crippen molar-refractivity contribution in [1.82, 2.24) is 14.5 Å². The normalized spacial score (nSPS) is 23.4. The molecule has 4 rings (SSSR count). The van der Waals surface area contributed by atoms with E-state index in [9.17, 15) is 8.42 Å². The smallest absolute Gasteiger partial charge is 0.214 e. The van der Waals surface area contributed by atoms with Crippen LogP contribution in [-0.2, 0) is 21.9 Å². The molecule has 1 fully saturated rings. The number of hydrogen-bond donors (Lipinski definition) is 1. The largest absolute Gasteiger partial charge is 0.281 e. The summed E-state index contributed by atoms with van der Waals surface area (Å²) in [7, 11) is -3.15. The SMILES string of the molecule is CCCCS(=O)(=O)N1CCC2(CCCc3c(-c4ccccc4)n[nH]c32)C1. The van der Waals surface area contributed by atoms with Crippen LogP contribution in [0.4, 0.5) is 0 Å². The Hall–Kier alpha value is -1.66. The van der Waals surface area contributed by atoms with Gasteiger partial charge in [0.2, 0.25) is 10.0 Å². The fraction of sp³-hybridized carbons (Fsp3) is 0.550. The molecule has 2 aliphatic rings. The maximum Gasteiger partial charge on any atom is 0.214 e. The molecule has 2 heterocycles. The highest BCUT2D eigenvalue weighted by atomic mass is 32.2. The summed E-state index contributed by atoms with van der Waals surface area (Å²) in [6.45, 7) is 3.26. The Labute approximate surface area is 155 Å². The Kier molecular flexibility index (Phi) is 4.65. The predicted octanol–water partition coefficient (Wildman–Crippen LogP) is 3.49. The third-order valence-electron chi connectivity index (χ3n) is 5.99. The third kappa shape index (κ3) is 2.99. The van der Waals surface area contributed by atoms with Crippen LogP contribution in [0.15, 0.2) is 30.3 Å². The number of rotatable bonds is 5. The van der Waals surface area contributed by atoms with E-state index in [0.717, 1.165) is 49.8 Å². The van der Waals surface area contributed by atoms with E-state index in [-0.39, 0.29) is 11.2 Å². The van der Waals surface area contributed by atoms with E-state index in [1.54, 1.807) is 4.31 Å². The number of unbranched alkanes of at least 4 members (excludes halogenated alkanes) is 1. The molecule has 2 aromatic rings. The number of aromatic amines is 1. The molecule has 1 aromatic carbocycles. The van der Waals surface area contributed by atoms with Gasteiger partial charge >= 0.3 is 0 Å². The quantitative estimate of drug-likeness (QED) is 0.872. The Morgan fingerprint density at radius 1 is 1.23 bits per heavy atom. The van der Waals surface area contributed by atoms with Gasteiger partial charge in [0.25, 0.3) is 0 Å². The van der Waals surface area contributed by atoms with Crippen molar-refractivity contribution in [3.05, 3.63) is 41.6 Å². The van der Waals surface area contributed by atoms with Gasteiger partial charge in [0.15, 0.2) is 0 Å². The molecule has 0 saturated carbocycles. The molecule has 0 amide bonds. The van der Waals surface area contributed by atoms with Crippen molar-refractivity contribution in [2.75, 3.05) is 18.8 Å². The fourth-order valence-electron chi connectivity index (χ4n) is 4.55. The standard InChI is InChI=1S/C20H27N3O2S/c1-2-3-14-26(24,25)23-13-12-20(15-23)11-7-10-17-18(21-22-19(17)20)16-8-5-4-6-9-16/h4-6,8-9H,2-3,7,10-15H2,1H3,(H,21,22). The van der Waals surface area contributed by atoms with Crippen LogP contribution < -0.4 is 0 Å². The highest BCUT2D eigenvalue weighted by molar-refractivity contribution is 7.89. The molecule has 1 spiro atoms. The summed E-state index contributed by atoms with van der Waals surface area (Å²) in [5.41, 5.74) is 4.54. The van der Waals surface area contributed by atoms with Crippen LogP contribution in [0.25, 0.3) is 11.3 Å². The molecule has 140 valence electrons. The van der Waals surface area contributed by atoms with Crippen LogP contribution in [0, 0.1) is 0 Å². The lowest BCUT2D eigenvalue weighted by Gasteiger charge is -2.33. The van der Waals surface area contributed by atoms with Gasteiger partial charge in [-0.1, -0.05) is 43.7 Å². The lowest BCUT2D eigenvalue weighted by atomic mass is 9.72. The molecule has 0 radical (unpaired) electrons. The summed E-state index contributed by atoms with van der Waals surface area (Å²) in [6, 6.07) is 10.3. The minimum Gasteiger partial charge on any atom is -0.281 e. The van der Waals surface area contributed by atoms with Crippen molar-refractivity contribution < 1.29 is 8.42 Å². The Bertz CT molecular complexity index is 876. The van der Waals surface area contributed by atoms with Crippen LogP contribution in [0.5, 0.6) is 0 Å². The summed E-state index contributed by atoms with van der Waals surface area (Å²) < 4.78 is 27.0. The van der Waals surface area contributed by atoms with E-state index in [1.165, 1.54) is 11.3 Å². The van der Waals surface area contributed by atoms with Crippen molar-refractivity contribution in [1.29, 1.82) is 0 Å². The minimum atomic E-state index is -3.15. The zero-order chi connectivity index (χ0) is 18.2. The summed E-state index contributed by atoms with van der Waals surface area (Å²) in [5.74, 6) is 0.269. The van der Waals surface area contributed by atoms with Crippen LogP contribution in [-0.4, -0.2) is 41.8 Å². The van der Waals surface area contributed by atoms with Crippen LogP contribution in [0.3, 0.4) is 0 Å². The van der Waals surface area contributed by atoms with Crippen molar-refractivity contribution in [2.24, 2.45) is 0 Å². The zero-order valence-corrected chi connectivity index (χ0v) is 16.2. The van der Waals surface area contributed by atoms with Crippen LogP contribution in [0.1, 0.15) is 50.3 Å². The van der Waals surface area contributed by atoms with Gasteiger partial charge in [0.1, 0.15) is 0 Å². The number of nitrogens with zero attached hydrogens (tertiary/aromatic N) is 2. The number of fused-ring (bicyclic) bond motifs is 2. The van der Waals surface area contributed by atoms with Crippen molar-refractivity contribution in [2.45, 2.75) is 50.9 Å². The van der Waals surface area contributed by atoms with Crippen molar-refractivity contribution in [3.8, 4) is 11.3 Å². The first-order valence-corrected chi connectivity index (χ1v) is 11.3. The molecule has 0 bridgehead atoms. The van der Waals surface area contributed by atoms with Gasteiger partial charge in [-0.3, -0.25) is 5.10 Å². The molecule has 6 heteroatoms. The highest BCUT2D eigenvalue weighted by Crippen LogP contribution is 2.46. The zero-order valence-electron chi connectivity index (χ0n) is 15.4. The molecule has 1 aromatic heterocycles. The van der Waals surface area contributed by atoms with Crippen molar-refractivity contribution >= 4 is 10.0 Å². The molecule has 1 aliphatic carbocycles. The minimum absolute atomic E-state index is 0.0904. The topological polar surface area (TPSA) is 66.1 Å². The van der Waals surface area contributed by atoms with Gasteiger partial charge in [0.05, 0.1) is 11.4 Å². The summed E-state index contributed by atoms with van der Waals surface area (Å²) in [5, 5.41) is 7.93.